The summed E-state index contributed by atoms with van der Waals surface area (Å²) in [6.45, 7) is 2.23. The third-order valence-corrected chi connectivity index (χ3v) is 5.44. The van der Waals surface area contributed by atoms with Gasteiger partial charge in [0.25, 0.3) is 0 Å². The number of carbonyl (C=O) groups excluding carboxylic acids is 1. The van der Waals surface area contributed by atoms with Gasteiger partial charge in [0.2, 0.25) is 5.91 Å². The predicted molar refractivity (Wildman–Crippen MR) is 112 cm³/mol. The Morgan fingerprint density at radius 2 is 1.32 bits per heavy atom. The van der Waals surface area contributed by atoms with Gasteiger partial charge < -0.3 is 9.45 Å². The minimum atomic E-state index is -4.25. The number of nitrogens with zero attached hydrogens (tertiary/aromatic N) is 1. The molecule has 0 saturated heterocycles. The van der Waals surface area contributed by atoms with Crippen LogP contribution in [-0.4, -0.2) is 43.1 Å². The van der Waals surface area contributed by atoms with E-state index in [1.165, 1.54) is 62.7 Å². The molecule has 7 heteroatoms. The molecule has 0 unspecified atom stereocenters. The van der Waals surface area contributed by atoms with Gasteiger partial charge in [0.15, 0.2) is 0 Å². The molecule has 0 radical (unpaired) electrons. The van der Waals surface area contributed by atoms with Gasteiger partial charge in [-0.25, -0.2) is 8.42 Å². The number of unbranched alkanes of at least 4 members (excludes halogenated alkanes) is 11. The van der Waals surface area contributed by atoms with Gasteiger partial charge in [-0.1, -0.05) is 70.4 Å². The fourth-order valence-electron chi connectivity index (χ4n) is 2.91. The monoisotopic (exact) mass is 425 g/mol. The molecule has 0 spiro atoms. The Morgan fingerprint density at radius 3 is 1.82 bits per heavy atom. The molecule has 28 heavy (non-hydrogen) atoms. The first-order valence-electron chi connectivity index (χ1n) is 10.7. The zero-order chi connectivity index (χ0) is 20.4. The Hall–Kier alpha value is 0.120. The minimum Gasteiger partial charge on any atom is -0.748 e. The van der Waals surface area contributed by atoms with Gasteiger partial charge in [0.05, 0.1) is 15.9 Å². The van der Waals surface area contributed by atoms with Gasteiger partial charge in [-0.15, -0.1) is 0 Å². The van der Waals surface area contributed by atoms with Crippen LogP contribution in [-0.2, 0) is 14.9 Å². The Labute approximate surface area is 195 Å². The van der Waals surface area contributed by atoms with Crippen molar-refractivity contribution in [1.29, 1.82) is 0 Å². The molecule has 5 nitrogen and oxygen atoms in total. The summed E-state index contributed by atoms with van der Waals surface area (Å²) in [6.07, 6.45) is 20.8. The summed E-state index contributed by atoms with van der Waals surface area (Å²) in [5, 5.41) is 0. The van der Waals surface area contributed by atoms with Crippen molar-refractivity contribution in [3.8, 4) is 0 Å². The van der Waals surface area contributed by atoms with E-state index in [9.17, 15) is 17.8 Å². The Bertz CT molecular complexity index is 495. The maximum absolute atomic E-state index is 11.8. The number of allylic oxidation sites excluding steroid dienone is 2. The van der Waals surface area contributed by atoms with Crippen molar-refractivity contribution in [2.45, 2.75) is 96.8 Å². The van der Waals surface area contributed by atoms with E-state index < -0.39 is 15.9 Å². The number of amides is 1. The van der Waals surface area contributed by atoms with Crippen molar-refractivity contribution in [1.82, 2.24) is 4.90 Å². The molecule has 0 aromatic heterocycles. The fourth-order valence-corrected chi connectivity index (χ4v) is 3.41. The predicted octanol–water partition coefficient (Wildman–Crippen LogP) is 2.03. The number of hydrogen-bond donors (Lipinski definition) is 0. The van der Waals surface area contributed by atoms with E-state index in [-0.39, 0.29) is 42.0 Å². The molecule has 1 amide bonds. The molecule has 0 fully saturated rings. The molecule has 0 rings (SSSR count). The van der Waals surface area contributed by atoms with Crippen molar-refractivity contribution < 1.29 is 47.3 Å². The first-order chi connectivity index (χ1) is 12.9. The van der Waals surface area contributed by atoms with Crippen LogP contribution in [0.2, 0.25) is 0 Å². The van der Waals surface area contributed by atoms with Crippen molar-refractivity contribution in [2.24, 2.45) is 0 Å². The molecule has 0 aliphatic carbocycles. The third-order valence-electron chi connectivity index (χ3n) is 4.75. The van der Waals surface area contributed by atoms with Crippen LogP contribution < -0.4 is 29.6 Å². The van der Waals surface area contributed by atoms with Crippen LogP contribution in [0.1, 0.15) is 96.8 Å². The smallest absolute Gasteiger partial charge is 0.748 e. The van der Waals surface area contributed by atoms with Gasteiger partial charge >= 0.3 is 29.6 Å². The Kier molecular flexibility index (Phi) is 22.1. The van der Waals surface area contributed by atoms with E-state index >= 15 is 0 Å². The normalized spacial score (nSPS) is 11.5. The fraction of sp³-hybridized carbons (Fsp3) is 0.857. The first-order valence-corrected chi connectivity index (χ1v) is 12.3. The summed E-state index contributed by atoms with van der Waals surface area (Å²) in [4.78, 5) is 13.2. The quantitative estimate of drug-likeness (QED) is 0.146. The van der Waals surface area contributed by atoms with Crippen molar-refractivity contribution in [3.05, 3.63) is 12.2 Å². The average molecular weight is 426 g/mol. The molecular weight excluding hydrogens is 385 g/mol. The standard InChI is InChI=1S/C21H41NO4S.Na/c1-3-4-5-6-7-8-9-10-11-12-13-14-15-16-17-18-21(23)22(2)19-20-27(24,25)26;/h10-11H,3-9,12-20H2,1-2H3,(H,24,25,26);/q;+1/p-1/b11-10+;. The van der Waals surface area contributed by atoms with E-state index in [0.29, 0.717) is 6.42 Å². The second-order valence-corrected chi connectivity index (χ2v) is 8.93. The molecule has 0 N–H and O–H groups in total. The van der Waals surface area contributed by atoms with E-state index in [0.717, 1.165) is 25.7 Å². The van der Waals surface area contributed by atoms with E-state index in [4.69, 9.17) is 0 Å². The van der Waals surface area contributed by atoms with Gasteiger partial charge in [0.1, 0.15) is 0 Å². The Balaban J connectivity index is 0. The van der Waals surface area contributed by atoms with Crippen LogP contribution in [0.25, 0.3) is 0 Å². The van der Waals surface area contributed by atoms with Crippen LogP contribution in [0.3, 0.4) is 0 Å². The van der Waals surface area contributed by atoms with Crippen LogP contribution >= 0.6 is 0 Å². The van der Waals surface area contributed by atoms with Crippen LogP contribution in [0.15, 0.2) is 12.2 Å². The second-order valence-electron chi connectivity index (χ2n) is 7.41. The first kappa shape index (κ1) is 30.3. The van der Waals surface area contributed by atoms with E-state index in [2.05, 4.69) is 19.1 Å². The summed E-state index contributed by atoms with van der Waals surface area (Å²) >= 11 is 0. The van der Waals surface area contributed by atoms with Crippen molar-refractivity contribution >= 4 is 16.0 Å². The largest absolute Gasteiger partial charge is 1.00 e. The number of rotatable bonds is 18. The second kappa shape index (κ2) is 20.4. The third kappa shape index (κ3) is 22.4. The van der Waals surface area contributed by atoms with Gasteiger partial charge in [-0.05, 0) is 32.1 Å². The molecule has 0 aliphatic rings. The maximum Gasteiger partial charge on any atom is 1.00 e. The van der Waals surface area contributed by atoms with Gasteiger partial charge in [-0.3, -0.25) is 4.79 Å². The van der Waals surface area contributed by atoms with Crippen LogP contribution in [0.4, 0.5) is 0 Å². The molecule has 0 atom stereocenters. The minimum absolute atomic E-state index is 0. The average Bonchev–Trinajstić information content (AvgIpc) is 2.62. The summed E-state index contributed by atoms with van der Waals surface area (Å²) in [5.74, 6) is -0.599. The van der Waals surface area contributed by atoms with Gasteiger partial charge in [-0.2, -0.15) is 0 Å². The summed E-state index contributed by atoms with van der Waals surface area (Å²) in [7, 11) is -2.71. The van der Waals surface area contributed by atoms with E-state index in [1.807, 2.05) is 0 Å². The van der Waals surface area contributed by atoms with Crippen molar-refractivity contribution in [3.63, 3.8) is 0 Å². The SMILES string of the molecule is CCCCCCCC/C=C/CCCCCCCC(=O)N(C)CCS(=O)(=O)[O-].[Na+]. The molecule has 0 saturated carbocycles. The molecule has 0 aliphatic heterocycles. The summed E-state index contributed by atoms with van der Waals surface area (Å²) < 4.78 is 31.7. The van der Waals surface area contributed by atoms with Crippen molar-refractivity contribution in [2.75, 3.05) is 19.3 Å². The summed E-state index contributed by atoms with van der Waals surface area (Å²) in [6, 6.07) is 0. The molecular formula is C21H40NNaO4S. The van der Waals surface area contributed by atoms with Gasteiger partial charge in [0, 0.05) is 20.0 Å². The Morgan fingerprint density at radius 1 is 0.857 bits per heavy atom. The van der Waals surface area contributed by atoms with E-state index in [1.54, 1.807) is 7.05 Å². The molecule has 0 heterocycles. The summed E-state index contributed by atoms with van der Waals surface area (Å²) in [5.41, 5.74) is 0. The zero-order valence-corrected chi connectivity index (χ0v) is 21.3. The molecule has 0 aromatic carbocycles. The van der Waals surface area contributed by atoms with Crippen LogP contribution in [0, 0.1) is 0 Å². The topological polar surface area (TPSA) is 77.5 Å². The number of carbonyl (C=O) groups is 1. The zero-order valence-electron chi connectivity index (χ0n) is 18.5. The molecule has 0 aromatic rings. The van der Waals surface area contributed by atoms with Crippen LogP contribution in [0.5, 0.6) is 0 Å². The maximum atomic E-state index is 11.8. The molecule has 0 bridgehead atoms. The molecule has 160 valence electrons. The number of hydrogen-bond acceptors (Lipinski definition) is 4.